The van der Waals surface area contributed by atoms with Crippen LogP contribution in [0.4, 0.5) is 0 Å². The van der Waals surface area contributed by atoms with Gasteiger partial charge in [-0.1, -0.05) is 42.1 Å². The molecule has 8 nitrogen and oxygen atoms in total. The van der Waals surface area contributed by atoms with Crippen molar-refractivity contribution in [2.45, 2.75) is 41.8 Å². The van der Waals surface area contributed by atoms with E-state index in [2.05, 4.69) is 4.98 Å². The van der Waals surface area contributed by atoms with E-state index in [1.165, 1.54) is 6.20 Å². The molecule has 1 saturated heterocycles. The van der Waals surface area contributed by atoms with Gasteiger partial charge >= 0.3 is 0 Å². The summed E-state index contributed by atoms with van der Waals surface area (Å²) in [6, 6.07) is 10.6. The molecule has 4 N–H and O–H groups in total. The average molecular weight is 416 g/mol. The first-order chi connectivity index (χ1) is 13.9. The molecule has 0 unspecified atom stereocenters. The van der Waals surface area contributed by atoms with E-state index in [4.69, 9.17) is 4.74 Å². The van der Waals surface area contributed by atoms with E-state index in [-0.39, 0.29) is 21.9 Å². The van der Waals surface area contributed by atoms with Crippen LogP contribution in [0.25, 0.3) is 0 Å². The summed E-state index contributed by atoms with van der Waals surface area (Å²) < 4.78 is 5.46. The second kappa shape index (κ2) is 9.00. The van der Waals surface area contributed by atoms with Crippen LogP contribution in [-0.2, 0) is 4.74 Å². The summed E-state index contributed by atoms with van der Waals surface area (Å²) in [5.41, 5.74) is 0.263. The lowest BCUT2D eigenvalue weighted by Gasteiger charge is -2.39. The lowest BCUT2D eigenvalue weighted by Crippen LogP contribution is -2.57. The largest absolute Gasteiger partial charge is 0.394 e. The fraction of sp³-hybridized carbons (Fsp3) is 0.350. The number of hydrogen-bond donors (Lipinski definition) is 4. The fourth-order valence-corrected chi connectivity index (χ4v) is 4.20. The summed E-state index contributed by atoms with van der Waals surface area (Å²) >= 11 is 0.880. The van der Waals surface area contributed by atoms with Crippen molar-refractivity contribution in [3.8, 4) is 6.07 Å². The monoisotopic (exact) mass is 416 g/mol. The number of carbonyl (C=O) groups is 1. The summed E-state index contributed by atoms with van der Waals surface area (Å²) in [7, 11) is 0. The summed E-state index contributed by atoms with van der Waals surface area (Å²) in [6.07, 6.45) is -4.15. The normalized spacial score (nSPS) is 26.7. The van der Waals surface area contributed by atoms with Gasteiger partial charge in [0.15, 0.2) is 5.78 Å². The van der Waals surface area contributed by atoms with Crippen molar-refractivity contribution in [3.63, 3.8) is 0 Å². The van der Waals surface area contributed by atoms with Gasteiger partial charge in [-0.05, 0) is 12.5 Å². The SMILES string of the molecule is Cc1c(C(=O)c2ccccc2)cnc(S[C@@H]2O[C@H](CO)[C@@H](O)[C@H](O)[C@H]2O)c1C#N. The number of aliphatic hydroxyl groups is 4. The fourth-order valence-electron chi connectivity index (χ4n) is 3.05. The smallest absolute Gasteiger partial charge is 0.194 e. The van der Waals surface area contributed by atoms with Crippen LogP contribution in [0.3, 0.4) is 0 Å². The first kappa shape index (κ1) is 21.4. The van der Waals surface area contributed by atoms with Gasteiger partial charge in [-0.25, -0.2) is 4.98 Å². The molecule has 0 aliphatic carbocycles. The molecule has 1 aliphatic heterocycles. The zero-order valence-corrected chi connectivity index (χ0v) is 16.3. The maximum Gasteiger partial charge on any atom is 0.194 e. The Bertz CT molecular complexity index is 931. The van der Waals surface area contributed by atoms with E-state index in [1.54, 1.807) is 37.3 Å². The minimum absolute atomic E-state index is 0.147. The zero-order chi connectivity index (χ0) is 21.1. The molecule has 1 aromatic heterocycles. The minimum Gasteiger partial charge on any atom is -0.394 e. The Hall–Kier alpha value is -2.32. The van der Waals surface area contributed by atoms with Gasteiger partial charge in [0.2, 0.25) is 0 Å². The molecular formula is C20H20N2O6S. The van der Waals surface area contributed by atoms with Crippen LogP contribution in [0.15, 0.2) is 41.6 Å². The molecule has 29 heavy (non-hydrogen) atoms. The molecule has 152 valence electrons. The van der Waals surface area contributed by atoms with Crippen LogP contribution < -0.4 is 0 Å². The van der Waals surface area contributed by atoms with Crippen LogP contribution >= 0.6 is 11.8 Å². The highest BCUT2D eigenvalue weighted by atomic mass is 32.2. The third kappa shape index (κ3) is 4.18. The number of nitriles is 1. The third-order valence-electron chi connectivity index (χ3n) is 4.77. The van der Waals surface area contributed by atoms with Gasteiger partial charge in [-0.3, -0.25) is 4.79 Å². The molecule has 5 atom stereocenters. The predicted octanol–water partition coefficient (Wildman–Crippen LogP) is 0.385. The first-order valence-electron chi connectivity index (χ1n) is 8.85. The molecule has 0 spiro atoms. The number of benzene rings is 1. The molecule has 3 rings (SSSR count). The Morgan fingerprint density at radius 3 is 2.52 bits per heavy atom. The molecule has 9 heteroatoms. The van der Waals surface area contributed by atoms with Crippen molar-refractivity contribution in [2.24, 2.45) is 0 Å². The Morgan fingerprint density at radius 1 is 1.21 bits per heavy atom. The third-order valence-corrected chi connectivity index (χ3v) is 5.93. The van der Waals surface area contributed by atoms with Gasteiger partial charge in [0.05, 0.1) is 12.2 Å². The molecular weight excluding hydrogens is 396 g/mol. The van der Waals surface area contributed by atoms with E-state index in [0.717, 1.165) is 11.8 Å². The molecule has 0 radical (unpaired) electrons. The maximum atomic E-state index is 12.7. The van der Waals surface area contributed by atoms with Crippen molar-refractivity contribution < 1.29 is 30.0 Å². The number of aliphatic hydroxyl groups excluding tert-OH is 4. The number of carbonyl (C=O) groups excluding carboxylic acids is 1. The van der Waals surface area contributed by atoms with Crippen molar-refractivity contribution >= 4 is 17.5 Å². The van der Waals surface area contributed by atoms with Gasteiger partial charge in [0, 0.05) is 17.3 Å². The average Bonchev–Trinajstić information content (AvgIpc) is 2.74. The van der Waals surface area contributed by atoms with Crippen molar-refractivity contribution in [1.29, 1.82) is 5.26 Å². The van der Waals surface area contributed by atoms with Crippen LogP contribution in [0, 0.1) is 18.3 Å². The Kier molecular flexibility index (Phi) is 6.64. The van der Waals surface area contributed by atoms with Crippen LogP contribution in [0.5, 0.6) is 0 Å². The minimum atomic E-state index is -1.52. The van der Waals surface area contributed by atoms with Crippen molar-refractivity contribution in [2.75, 3.05) is 6.61 Å². The second-order valence-electron chi connectivity index (χ2n) is 6.60. The Balaban J connectivity index is 1.90. The number of pyridine rings is 1. The summed E-state index contributed by atoms with van der Waals surface area (Å²) in [6.45, 7) is 1.08. The quantitative estimate of drug-likeness (QED) is 0.509. The van der Waals surface area contributed by atoms with Gasteiger partial charge < -0.3 is 25.2 Å². The summed E-state index contributed by atoms with van der Waals surface area (Å²) in [5, 5.41) is 49.2. The highest BCUT2D eigenvalue weighted by molar-refractivity contribution is 7.99. The highest BCUT2D eigenvalue weighted by Gasteiger charge is 2.44. The van der Waals surface area contributed by atoms with Gasteiger partial charge in [-0.15, -0.1) is 0 Å². The molecule has 0 saturated carbocycles. The topological polar surface area (TPSA) is 144 Å². The molecule has 2 aromatic rings. The van der Waals surface area contributed by atoms with E-state index >= 15 is 0 Å². The predicted molar refractivity (Wildman–Crippen MR) is 103 cm³/mol. The second-order valence-corrected chi connectivity index (χ2v) is 7.69. The van der Waals surface area contributed by atoms with Crippen LogP contribution in [0.2, 0.25) is 0 Å². The van der Waals surface area contributed by atoms with Gasteiger partial charge in [0.25, 0.3) is 0 Å². The maximum absolute atomic E-state index is 12.7. The summed E-state index contributed by atoms with van der Waals surface area (Å²) in [4.78, 5) is 16.9. The number of ketones is 1. The molecule has 0 bridgehead atoms. The van der Waals surface area contributed by atoms with E-state index in [0.29, 0.717) is 11.1 Å². The Labute approximate surface area is 171 Å². The number of thioether (sulfide) groups is 1. The molecule has 1 fully saturated rings. The molecule has 1 aromatic carbocycles. The van der Waals surface area contributed by atoms with E-state index in [1.807, 2.05) is 6.07 Å². The number of rotatable bonds is 5. The van der Waals surface area contributed by atoms with Gasteiger partial charge in [-0.2, -0.15) is 5.26 Å². The van der Waals surface area contributed by atoms with E-state index < -0.39 is 36.5 Å². The van der Waals surface area contributed by atoms with E-state index in [9.17, 15) is 30.5 Å². The lowest BCUT2D eigenvalue weighted by atomic mass is 9.98. The van der Waals surface area contributed by atoms with Crippen LogP contribution in [-0.4, -0.2) is 67.7 Å². The van der Waals surface area contributed by atoms with Crippen LogP contribution in [0.1, 0.15) is 27.0 Å². The summed E-state index contributed by atoms with van der Waals surface area (Å²) in [5.74, 6) is -0.267. The van der Waals surface area contributed by atoms with Gasteiger partial charge in [0.1, 0.15) is 40.9 Å². The number of nitrogens with zero attached hydrogens (tertiary/aromatic N) is 2. The first-order valence-corrected chi connectivity index (χ1v) is 9.73. The number of hydrogen-bond acceptors (Lipinski definition) is 9. The highest BCUT2D eigenvalue weighted by Crippen LogP contribution is 2.35. The molecule has 1 aliphatic rings. The molecule has 2 heterocycles. The number of ether oxygens (including phenoxy) is 1. The van der Waals surface area contributed by atoms with Crippen molar-refractivity contribution in [3.05, 3.63) is 58.8 Å². The Morgan fingerprint density at radius 2 is 1.90 bits per heavy atom. The standard InChI is InChI=1S/C20H20N2O6S/c1-10-12(7-21)19(22-8-13(10)15(24)11-5-3-2-4-6-11)29-20-18(27)17(26)16(25)14(9-23)28-20/h2-6,8,14,16-18,20,23,25-27H,9H2,1H3/t14-,16-,17+,18-,20+/m1/s1. The zero-order valence-electron chi connectivity index (χ0n) is 15.5. The molecule has 0 amide bonds. The lowest BCUT2D eigenvalue weighted by molar-refractivity contribution is -0.205. The van der Waals surface area contributed by atoms with Crippen molar-refractivity contribution in [1.82, 2.24) is 4.98 Å². The number of aromatic nitrogens is 1.